The van der Waals surface area contributed by atoms with Crippen LogP contribution in [0.15, 0.2) is 12.1 Å². The van der Waals surface area contributed by atoms with E-state index in [1.54, 1.807) is 7.11 Å². The average Bonchev–Trinajstić information content (AvgIpc) is 2.38. The Balaban J connectivity index is 2.42. The van der Waals surface area contributed by atoms with Crippen LogP contribution in [-0.2, 0) is 12.0 Å². The minimum Gasteiger partial charge on any atom is -0.495 e. The molecule has 1 saturated carbocycles. The smallest absolute Gasteiger partial charge is 0.140 e. The van der Waals surface area contributed by atoms with Crippen LogP contribution >= 0.6 is 11.6 Å². The lowest BCUT2D eigenvalue weighted by Gasteiger charge is -2.34. The normalized spacial score (nSPS) is 18.7. The van der Waals surface area contributed by atoms with E-state index in [4.69, 9.17) is 22.1 Å². The molecule has 1 fully saturated rings. The number of hydrogen-bond acceptors (Lipinski definition) is 2. The molecule has 18 heavy (non-hydrogen) atoms. The fourth-order valence-electron chi connectivity index (χ4n) is 2.90. The van der Waals surface area contributed by atoms with Crippen LogP contribution in [0.1, 0.15) is 50.2 Å². The molecule has 0 bridgehead atoms. The number of aryl methyl sites for hydroxylation is 1. The van der Waals surface area contributed by atoms with Gasteiger partial charge in [-0.25, -0.2) is 0 Å². The standard InChI is InChI=1S/C15H22ClNO/c1-3-11-9-12(10-13(16)14(11)18-2)15(17)7-5-4-6-8-15/h9-10H,3-8,17H2,1-2H3. The van der Waals surface area contributed by atoms with E-state index in [1.807, 2.05) is 6.07 Å². The second-order valence-electron chi connectivity index (χ2n) is 5.22. The predicted octanol–water partition coefficient (Wildman–Crippen LogP) is 4.03. The molecule has 100 valence electrons. The lowest BCUT2D eigenvalue weighted by atomic mass is 9.77. The van der Waals surface area contributed by atoms with E-state index in [0.29, 0.717) is 5.02 Å². The van der Waals surface area contributed by atoms with Gasteiger partial charge in [-0.3, -0.25) is 0 Å². The van der Waals surface area contributed by atoms with Crippen LogP contribution in [0.3, 0.4) is 0 Å². The molecular weight excluding hydrogens is 246 g/mol. The maximum absolute atomic E-state index is 6.56. The number of hydrogen-bond donors (Lipinski definition) is 1. The summed E-state index contributed by atoms with van der Waals surface area (Å²) < 4.78 is 5.37. The molecule has 0 atom stereocenters. The van der Waals surface area contributed by atoms with E-state index in [0.717, 1.165) is 30.6 Å². The zero-order valence-electron chi connectivity index (χ0n) is 11.3. The van der Waals surface area contributed by atoms with E-state index < -0.39 is 0 Å². The van der Waals surface area contributed by atoms with Crippen molar-refractivity contribution in [3.63, 3.8) is 0 Å². The van der Waals surface area contributed by atoms with Crippen molar-refractivity contribution in [3.05, 3.63) is 28.3 Å². The summed E-state index contributed by atoms with van der Waals surface area (Å²) in [7, 11) is 1.67. The fraction of sp³-hybridized carbons (Fsp3) is 0.600. The van der Waals surface area contributed by atoms with Crippen molar-refractivity contribution in [2.75, 3.05) is 7.11 Å². The first-order chi connectivity index (χ1) is 8.60. The zero-order chi connectivity index (χ0) is 13.2. The van der Waals surface area contributed by atoms with E-state index >= 15 is 0 Å². The monoisotopic (exact) mass is 267 g/mol. The molecule has 2 nitrogen and oxygen atoms in total. The van der Waals surface area contributed by atoms with Crippen LogP contribution in [0.25, 0.3) is 0 Å². The molecular formula is C15H22ClNO. The average molecular weight is 268 g/mol. The van der Waals surface area contributed by atoms with Crippen molar-refractivity contribution >= 4 is 11.6 Å². The third kappa shape index (κ3) is 2.50. The molecule has 2 N–H and O–H groups in total. The molecule has 0 heterocycles. The number of rotatable bonds is 3. The molecule has 0 aliphatic heterocycles. The van der Waals surface area contributed by atoms with Gasteiger partial charge in [0.2, 0.25) is 0 Å². The maximum Gasteiger partial charge on any atom is 0.140 e. The SMILES string of the molecule is CCc1cc(C2(N)CCCCC2)cc(Cl)c1OC. The van der Waals surface area contributed by atoms with Crippen molar-refractivity contribution in [2.45, 2.75) is 51.0 Å². The summed E-state index contributed by atoms with van der Waals surface area (Å²) in [5, 5.41) is 0.683. The molecule has 3 heteroatoms. The molecule has 1 aliphatic carbocycles. The Morgan fingerprint density at radius 1 is 1.28 bits per heavy atom. The number of nitrogens with two attached hydrogens (primary N) is 1. The first-order valence-corrected chi connectivity index (χ1v) is 7.14. The highest BCUT2D eigenvalue weighted by atomic mass is 35.5. The minimum atomic E-state index is -0.196. The van der Waals surface area contributed by atoms with E-state index in [9.17, 15) is 0 Å². The summed E-state index contributed by atoms with van der Waals surface area (Å²) in [5.74, 6) is 0.794. The molecule has 0 radical (unpaired) electrons. The number of methoxy groups -OCH3 is 1. The van der Waals surface area contributed by atoms with Gasteiger partial charge in [0.1, 0.15) is 5.75 Å². The van der Waals surface area contributed by atoms with E-state index in [1.165, 1.54) is 24.8 Å². The van der Waals surface area contributed by atoms with Gasteiger partial charge in [-0.1, -0.05) is 43.9 Å². The third-order valence-corrected chi connectivity index (χ3v) is 4.31. The zero-order valence-corrected chi connectivity index (χ0v) is 12.0. The second kappa shape index (κ2) is 5.50. The van der Waals surface area contributed by atoms with Crippen molar-refractivity contribution in [1.29, 1.82) is 0 Å². The minimum absolute atomic E-state index is 0.196. The van der Waals surface area contributed by atoms with Gasteiger partial charge in [0, 0.05) is 5.54 Å². The number of benzene rings is 1. The van der Waals surface area contributed by atoms with Gasteiger partial charge in [-0.05, 0) is 36.5 Å². The Bertz CT molecular complexity index is 425. The highest BCUT2D eigenvalue weighted by Crippen LogP contribution is 2.39. The van der Waals surface area contributed by atoms with Crippen LogP contribution < -0.4 is 10.5 Å². The van der Waals surface area contributed by atoms with Crippen LogP contribution in [0.5, 0.6) is 5.75 Å². The highest BCUT2D eigenvalue weighted by Gasteiger charge is 2.30. The van der Waals surface area contributed by atoms with Crippen LogP contribution in [0.2, 0.25) is 5.02 Å². The second-order valence-corrected chi connectivity index (χ2v) is 5.63. The third-order valence-electron chi connectivity index (χ3n) is 4.03. The van der Waals surface area contributed by atoms with Crippen LogP contribution in [0, 0.1) is 0 Å². The highest BCUT2D eigenvalue weighted by molar-refractivity contribution is 6.32. The van der Waals surface area contributed by atoms with Crippen LogP contribution in [0.4, 0.5) is 0 Å². The first kappa shape index (κ1) is 13.7. The largest absolute Gasteiger partial charge is 0.495 e. The van der Waals surface area contributed by atoms with Gasteiger partial charge in [0.15, 0.2) is 0 Å². The molecule has 0 spiro atoms. The quantitative estimate of drug-likeness (QED) is 0.897. The van der Waals surface area contributed by atoms with Crippen LogP contribution in [-0.4, -0.2) is 7.11 Å². The summed E-state index contributed by atoms with van der Waals surface area (Å²) in [6.45, 7) is 2.11. The maximum atomic E-state index is 6.56. The van der Waals surface area contributed by atoms with Crippen molar-refractivity contribution in [2.24, 2.45) is 5.73 Å². The van der Waals surface area contributed by atoms with Gasteiger partial charge in [0.25, 0.3) is 0 Å². The first-order valence-electron chi connectivity index (χ1n) is 6.76. The Morgan fingerprint density at radius 2 is 1.94 bits per heavy atom. The van der Waals surface area contributed by atoms with Crippen molar-refractivity contribution < 1.29 is 4.74 Å². The Hall–Kier alpha value is -0.730. The molecule has 0 saturated heterocycles. The number of halogens is 1. The molecule has 0 amide bonds. The lowest BCUT2D eigenvalue weighted by Crippen LogP contribution is -2.38. The molecule has 0 aromatic heterocycles. The Kier molecular flexibility index (Phi) is 4.18. The van der Waals surface area contributed by atoms with E-state index in [-0.39, 0.29) is 5.54 Å². The summed E-state index contributed by atoms with van der Waals surface area (Å²) in [6.07, 6.45) is 6.73. The molecule has 2 rings (SSSR count). The topological polar surface area (TPSA) is 35.2 Å². The summed E-state index contributed by atoms with van der Waals surface area (Å²) in [4.78, 5) is 0. The summed E-state index contributed by atoms with van der Waals surface area (Å²) in [6, 6.07) is 4.17. The Labute approximate surface area is 114 Å². The predicted molar refractivity (Wildman–Crippen MR) is 76.3 cm³/mol. The van der Waals surface area contributed by atoms with Crippen molar-refractivity contribution in [3.8, 4) is 5.75 Å². The van der Waals surface area contributed by atoms with E-state index in [2.05, 4.69) is 13.0 Å². The molecule has 1 aromatic carbocycles. The molecule has 1 aromatic rings. The van der Waals surface area contributed by atoms with Gasteiger partial charge >= 0.3 is 0 Å². The van der Waals surface area contributed by atoms with Gasteiger partial charge in [-0.2, -0.15) is 0 Å². The Morgan fingerprint density at radius 3 is 2.50 bits per heavy atom. The molecule has 0 unspecified atom stereocenters. The van der Waals surface area contributed by atoms with Gasteiger partial charge in [-0.15, -0.1) is 0 Å². The molecule has 1 aliphatic rings. The summed E-state index contributed by atoms with van der Waals surface area (Å²) in [5.41, 5.74) is 8.69. The fourth-order valence-corrected chi connectivity index (χ4v) is 3.22. The van der Waals surface area contributed by atoms with Gasteiger partial charge in [0.05, 0.1) is 12.1 Å². The summed E-state index contributed by atoms with van der Waals surface area (Å²) >= 11 is 6.31. The number of ether oxygens (including phenoxy) is 1. The van der Waals surface area contributed by atoms with Gasteiger partial charge < -0.3 is 10.5 Å². The van der Waals surface area contributed by atoms with Crippen molar-refractivity contribution in [1.82, 2.24) is 0 Å². The lowest BCUT2D eigenvalue weighted by molar-refractivity contribution is 0.301.